The van der Waals surface area contributed by atoms with Crippen molar-refractivity contribution in [2.75, 3.05) is 28.3 Å². The Hall–Kier alpha value is -1.93. The standard InChI is InChI=1S/C16H20ClN5O2S/c1-3-22(13-6-7-25(23,24)10-13)16-20-15(9-18-21-16)19-12-5-4-11(2)14(17)8-12/h4-5,8-9,13H,3,6-7,10H2,1-2H3,(H,19,20,21). The molecule has 1 aromatic heterocycles. The Morgan fingerprint density at radius 1 is 1.40 bits per heavy atom. The minimum atomic E-state index is -2.97. The number of hydrogen-bond acceptors (Lipinski definition) is 7. The summed E-state index contributed by atoms with van der Waals surface area (Å²) >= 11 is 6.14. The molecule has 1 saturated heterocycles. The topological polar surface area (TPSA) is 88.1 Å². The van der Waals surface area contributed by atoms with E-state index >= 15 is 0 Å². The molecule has 1 aliphatic rings. The van der Waals surface area contributed by atoms with Crippen LogP contribution in [-0.2, 0) is 9.84 Å². The van der Waals surface area contributed by atoms with Crippen molar-refractivity contribution in [3.05, 3.63) is 35.0 Å². The summed E-state index contributed by atoms with van der Waals surface area (Å²) in [6, 6.07) is 5.53. The van der Waals surface area contributed by atoms with E-state index in [2.05, 4.69) is 20.5 Å². The van der Waals surface area contributed by atoms with Gasteiger partial charge >= 0.3 is 0 Å². The first-order chi connectivity index (χ1) is 11.9. The van der Waals surface area contributed by atoms with Crippen molar-refractivity contribution in [3.8, 4) is 0 Å². The van der Waals surface area contributed by atoms with Crippen LogP contribution in [0.15, 0.2) is 24.4 Å². The van der Waals surface area contributed by atoms with Gasteiger partial charge in [0.1, 0.15) is 0 Å². The quantitative estimate of drug-likeness (QED) is 0.851. The lowest BCUT2D eigenvalue weighted by atomic mass is 10.2. The van der Waals surface area contributed by atoms with Crippen LogP contribution in [-0.4, -0.2) is 47.7 Å². The zero-order valence-corrected chi connectivity index (χ0v) is 15.7. The monoisotopic (exact) mass is 381 g/mol. The van der Waals surface area contributed by atoms with Gasteiger partial charge < -0.3 is 10.2 Å². The van der Waals surface area contributed by atoms with Gasteiger partial charge in [-0.05, 0) is 38.0 Å². The zero-order chi connectivity index (χ0) is 18.0. The van der Waals surface area contributed by atoms with Gasteiger partial charge in [-0.25, -0.2) is 8.42 Å². The molecular weight excluding hydrogens is 362 g/mol. The van der Waals surface area contributed by atoms with Crippen molar-refractivity contribution in [2.45, 2.75) is 26.3 Å². The van der Waals surface area contributed by atoms with Gasteiger partial charge in [0.25, 0.3) is 0 Å². The van der Waals surface area contributed by atoms with Gasteiger partial charge in [0.15, 0.2) is 15.7 Å². The molecule has 1 aromatic carbocycles. The lowest BCUT2D eigenvalue weighted by Gasteiger charge is -2.26. The van der Waals surface area contributed by atoms with E-state index in [0.717, 1.165) is 11.3 Å². The Morgan fingerprint density at radius 3 is 2.84 bits per heavy atom. The van der Waals surface area contributed by atoms with Crippen LogP contribution in [0.4, 0.5) is 17.5 Å². The van der Waals surface area contributed by atoms with E-state index in [4.69, 9.17) is 11.6 Å². The van der Waals surface area contributed by atoms with Crippen molar-refractivity contribution in [1.82, 2.24) is 15.2 Å². The lowest BCUT2D eigenvalue weighted by Crippen LogP contribution is -2.37. The van der Waals surface area contributed by atoms with Gasteiger partial charge in [-0.3, -0.25) is 0 Å². The summed E-state index contributed by atoms with van der Waals surface area (Å²) in [6.07, 6.45) is 2.11. The van der Waals surface area contributed by atoms with E-state index in [1.807, 2.05) is 36.9 Å². The third kappa shape index (κ3) is 4.19. The van der Waals surface area contributed by atoms with Crippen molar-refractivity contribution in [2.24, 2.45) is 0 Å². The fraction of sp³-hybridized carbons (Fsp3) is 0.438. The van der Waals surface area contributed by atoms with Gasteiger partial charge in [0.2, 0.25) is 5.95 Å². The molecule has 0 spiro atoms. The fourth-order valence-corrected chi connectivity index (χ4v) is 4.79. The summed E-state index contributed by atoms with van der Waals surface area (Å²) in [5.74, 6) is 1.30. The van der Waals surface area contributed by atoms with Crippen LogP contribution in [0.2, 0.25) is 5.02 Å². The number of aryl methyl sites for hydroxylation is 1. The fourth-order valence-electron chi connectivity index (χ4n) is 2.88. The molecule has 3 rings (SSSR count). The first-order valence-corrected chi connectivity index (χ1v) is 10.3. The maximum atomic E-state index is 11.8. The summed E-state index contributed by atoms with van der Waals surface area (Å²) in [6.45, 7) is 4.50. The van der Waals surface area contributed by atoms with Crippen LogP contribution in [0.5, 0.6) is 0 Å². The third-order valence-corrected chi connectivity index (χ3v) is 6.40. The largest absolute Gasteiger partial charge is 0.339 e. The van der Waals surface area contributed by atoms with Crippen LogP contribution >= 0.6 is 11.6 Å². The summed E-state index contributed by atoms with van der Waals surface area (Å²) in [7, 11) is -2.97. The predicted molar refractivity (Wildman–Crippen MR) is 99.4 cm³/mol. The van der Waals surface area contributed by atoms with Crippen LogP contribution < -0.4 is 10.2 Å². The molecular formula is C16H20ClN5O2S. The van der Waals surface area contributed by atoms with E-state index in [-0.39, 0.29) is 17.5 Å². The molecule has 1 atom stereocenters. The summed E-state index contributed by atoms with van der Waals surface area (Å²) in [5.41, 5.74) is 1.79. The molecule has 0 saturated carbocycles. The average Bonchev–Trinajstić information content (AvgIpc) is 2.92. The Labute approximate surface area is 152 Å². The number of halogens is 1. The molecule has 25 heavy (non-hydrogen) atoms. The second-order valence-corrected chi connectivity index (χ2v) is 8.71. The Kier molecular flexibility index (Phi) is 5.10. The number of hydrogen-bond donors (Lipinski definition) is 1. The molecule has 134 valence electrons. The van der Waals surface area contributed by atoms with E-state index in [1.54, 1.807) is 0 Å². The molecule has 1 N–H and O–H groups in total. The van der Waals surface area contributed by atoms with Crippen molar-refractivity contribution >= 4 is 38.9 Å². The molecule has 0 radical (unpaired) electrons. The SMILES string of the molecule is CCN(c1nncc(Nc2ccc(C)c(Cl)c2)n1)C1CCS(=O)(=O)C1. The number of rotatable bonds is 5. The number of benzene rings is 1. The normalized spacial score (nSPS) is 18.9. The smallest absolute Gasteiger partial charge is 0.247 e. The minimum Gasteiger partial charge on any atom is -0.339 e. The maximum Gasteiger partial charge on any atom is 0.247 e. The number of nitrogens with one attached hydrogen (secondary N) is 1. The summed E-state index contributed by atoms with van der Waals surface area (Å²) in [4.78, 5) is 6.38. The molecule has 7 nitrogen and oxygen atoms in total. The second kappa shape index (κ2) is 7.13. The van der Waals surface area contributed by atoms with Gasteiger partial charge in [0, 0.05) is 23.3 Å². The molecule has 0 bridgehead atoms. The van der Waals surface area contributed by atoms with E-state index in [1.165, 1.54) is 6.20 Å². The van der Waals surface area contributed by atoms with Gasteiger partial charge in [-0.1, -0.05) is 17.7 Å². The second-order valence-electron chi connectivity index (χ2n) is 6.07. The number of nitrogens with zero attached hydrogens (tertiary/aromatic N) is 4. The van der Waals surface area contributed by atoms with Gasteiger partial charge in [0.05, 0.1) is 17.7 Å². The number of sulfone groups is 1. The third-order valence-electron chi connectivity index (χ3n) is 4.24. The highest BCUT2D eigenvalue weighted by atomic mass is 35.5. The molecule has 1 unspecified atom stereocenters. The Morgan fingerprint density at radius 2 is 2.20 bits per heavy atom. The summed E-state index contributed by atoms with van der Waals surface area (Å²) < 4.78 is 23.5. The van der Waals surface area contributed by atoms with E-state index in [9.17, 15) is 8.42 Å². The Balaban J connectivity index is 1.81. The first kappa shape index (κ1) is 17.9. The highest BCUT2D eigenvalue weighted by molar-refractivity contribution is 7.91. The molecule has 0 aliphatic carbocycles. The van der Waals surface area contributed by atoms with Crippen LogP contribution in [0, 0.1) is 6.92 Å². The van der Waals surface area contributed by atoms with Gasteiger partial charge in [-0.15, -0.1) is 5.10 Å². The highest BCUT2D eigenvalue weighted by Gasteiger charge is 2.33. The highest BCUT2D eigenvalue weighted by Crippen LogP contribution is 2.24. The predicted octanol–water partition coefficient (Wildman–Crippen LogP) is 2.59. The molecule has 0 amide bonds. The van der Waals surface area contributed by atoms with Crippen molar-refractivity contribution in [1.29, 1.82) is 0 Å². The summed E-state index contributed by atoms with van der Waals surface area (Å²) in [5, 5.41) is 11.9. The Bertz CT molecular complexity index is 875. The average molecular weight is 382 g/mol. The number of anilines is 3. The van der Waals surface area contributed by atoms with Gasteiger partial charge in [-0.2, -0.15) is 10.1 Å². The zero-order valence-electron chi connectivity index (χ0n) is 14.1. The molecule has 1 fully saturated rings. The number of aromatic nitrogens is 3. The molecule has 2 heterocycles. The van der Waals surface area contributed by atoms with Crippen LogP contribution in [0.3, 0.4) is 0 Å². The van der Waals surface area contributed by atoms with Crippen molar-refractivity contribution < 1.29 is 8.42 Å². The lowest BCUT2D eigenvalue weighted by molar-refractivity contribution is 0.598. The molecule has 1 aliphatic heterocycles. The van der Waals surface area contributed by atoms with E-state index in [0.29, 0.717) is 29.8 Å². The van der Waals surface area contributed by atoms with E-state index < -0.39 is 9.84 Å². The minimum absolute atomic E-state index is 0.110. The molecule has 9 heteroatoms. The van der Waals surface area contributed by atoms with Crippen LogP contribution in [0.1, 0.15) is 18.9 Å². The van der Waals surface area contributed by atoms with Crippen LogP contribution in [0.25, 0.3) is 0 Å². The molecule has 2 aromatic rings. The first-order valence-electron chi connectivity index (χ1n) is 8.08. The van der Waals surface area contributed by atoms with Crippen molar-refractivity contribution in [3.63, 3.8) is 0 Å². The maximum absolute atomic E-state index is 11.8.